The van der Waals surface area contributed by atoms with Crippen molar-refractivity contribution >= 4 is 29.7 Å². The molecular formula is C16H23ClN4O2. The number of nitrogens with zero attached hydrogens (tertiary/aromatic N) is 2. The minimum absolute atomic E-state index is 0. The van der Waals surface area contributed by atoms with Gasteiger partial charge in [0.1, 0.15) is 11.4 Å². The number of ether oxygens (including phenoxy) is 1. The number of aryl methyl sites for hydroxylation is 1. The Bertz CT molecular complexity index is 705. The number of nitrogen functional groups attached to an aromatic ring is 1. The summed E-state index contributed by atoms with van der Waals surface area (Å²) in [7, 11) is 3.31. The first-order valence-corrected chi connectivity index (χ1v) is 7.01. The highest BCUT2D eigenvalue weighted by molar-refractivity contribution is 6.03. The summed E-state index contributed by atoms with van der Waals surface area (Å²) in [6, 6.07) is 6.93. The molecule has 1 aromatic carbocycles. The Morgan fingerprint density at radius 1 is 1.30 bits per heavy atom. The van der Waals surface area contributed by atoms with Crippen molar-refractivity contribution in [1.82, 2.24) is 9.78 Å². The molecule has 0 saturated heterocycles. The first-order chi connectivity index (χ1) is 10.2. The molecule has 0 spiro atoms. The summed E-state index contributed by atoms with van der Waals surface area (Å²) in [4.78, 5) is 12.4. The van der Waals surface area contributed by atoms with E-state index in [0.29, 0.717) is 22.8 Å². The molecule has 1 aromatic heterocycles. The number of hydrogen-bond acceptors (Lipinski definition) is 4. The topological polar surface area (TPSA) is 82.2 Å². The Morgan fingerprint density at radius 3 is 2.43 bits per heavy atom. The summed E-state index contributed by atoms with van der Waals surface area (Å²) < 4.78 is 6.68. The highest BCUT2D eigenvalue weighted by atomic mass is 35.5. The van der Waals surface area contributed by atoms with Gasteiger partial charge >= 0.3 is 0 Å². The third-order valence-corrected chi connectivity index (χ3v) is 3.37. The largest absolute Gasteiger partial charge is 0.495 e. The maximum Gasteiger partial charge on any atom is 0.273 e. The Morgan fingerprint density at radius 2 is 1.96 bits per heavy atom. The minimum Gasteiger partial charge on any atom is -0.495 e. The number of nitrogens with one attached hydrogen (secondary N) is 1. The Labute approximate surface area is 142 Å². The predicted octanol–water partition coefficient (Wildman–Crippen LogP) is 2.98. The number of amides is 1. The molecule has 0 fully saturated rings. The first-order valence-electron chi connectivity index (χ1n) is 7.01. The molecule has 7 heteroatoms. The lowest BCUT2D eigenvalue weighted by molar-refractivity contribution is 0.101. The Kier molecular flexibility index (Phi) is 5.66. The molecular weight excluding hydrogens is 316 g/mol. The number of nitrogens with two attached hydrogens (primary N) is 1. The van der Waals surface area contributed by atoms with E-state index >= 15 is 0 Å². The molecule has 126 valence electrons. The average molecular weight is 339 g/mol. The Balaban J connectivity index is 0.00000264. The van der Waals surface area contributed by atoms with Gasteiger partial charge in [-0.3, -0.25) is 9.48 Å². The van der Waals surface area contributed by atoms with E-state index in [1.54, 1.807) is 37.0 Å². The van der Waals surface area contributed by atoms with Crippen LogP contribution >= 0.6 is 12.4 Å². The van der Waals surface area contributed by atoms with Gasteiger partial charge in [-0.15, -0.1) is 12.4 Å². The van der Waals surface area contributed by atoms with Crippen LogP contribution in [0.2, 0.25) is 0 Å². The van der Waals surface area contributed by atoms with Crippen LogP contribution in [-0.2, 0) is 12.5 Å². The first kappa shape index (κ1) is 18.8. The SMILES string of the molecule is COc1ccc(NC(=O)c2cc(C(C)(C)C)nn2C)cc1N.Cl. The van der Waals surface area contributed by atoms with Gasteiger partial charge < -0.3 is 15.8 Å². The van der Waals surface area contributed by atoms with E-state index in [4.69, 9.17) is 10.5 Å². The van der Waals surface area contributed by atoms with Gasteiger partial charge in [-0.25, -0.2) is 0 Å². The van der Waals surface area contributed by atoms with Gasteiger partial charge in [0.25, 0.3) is 5.91 Å². The number of aromatic nitrogens is 2. The van der Waals surface area contributed by atoms with Crippen molar-refractivity contribution < 1.29 is 9.53 Å². The quantitative estimate of drug-likeness (QED) is 0.843. The zero-order valence-electron chi connectivity index (χ0n) is 14.0. The molecule has 0 atom stereocenters. The van der Waals surface area contributed by atoms with Crippen molar-refractivity contribution in [3.63, 3.8) is 0 Å². The second-order valence-corrected chi connectivity index (χ2v) is 6.20. The second-order valence-electron chi connectivity index (χ2n) is 6.20. The summed E-state index contributed by atoms with van der Waals surface area (Å²) in [6.45, 7) is 6.17. The van der Waals surface area contributed by atoms with Crippen LogP contribution in [0, 0.1) is 0 Å². The van der Waals surface area contributed by atoms with Crippen molar-refractivity contribution in [2.45, 2.75) is 26.2 Å². The zero-order valence-corrected chi connectivity index (χ0v) is 14.8. The normalized spacial score (nSPS) is 10.8. The summed E-state index contributed by atoms with van der Waals surface area (Å²) in [6.07, 6.45) is 0. The lowest BCUT2D eigenvalue weighted by Gasteiger charge is -2.13. The van der Waals surface area contributed by atoms with Crippen LogP contribution in [0.5, 0.6) is 5.75 Å². The van der Waals surface area contributed by atoms with Crippen molar-refractivity contribution in [2.75, 3.05) is 18.2 Å². The molecule has 0 aliphatic carbocycles. The van der Waals surface area contributed by atoms with Gasteiger partial charge in [-0.2, -0.15) is 5.10 Å². The van der Waals surface area contributed by atoms with Crippen molar-refractivity contribution in [2.24, 2.45) is 7.05 Å². The van der Waals surface area contributed by atoms with E-state index in [-0.39, 0.29) is 23.7 Å². The van der Waals surface area contributed by atoms with E-state index in [0.717, 1.165) is 5.69 Å². The van der Waals surface area contributed by atoms with Crippen molar-refractivity contribution in [3.8, 4) is 5.75 Å². The number of hydrogen-bond donors (Lipinski definition) is 2. The zero-order chi connectivity index (χ0) is 16.5. The van der Waals surface area contributed by atoms with Crippen molar-refractivity contribution in [1.29, 1.82) is 0 Å². The molecule has 0 radical (unpaired) electrons. The molecule has 6 nitrogen and oxygen atoms in total. The lowest BCUT2D eigenvalue weighted by atomic mass is 9.92. The van der Waals surface area contributed by atoms with Crippen LogP contribution in [0.4, 0.5) is 11.4 Å². The number of carbonyl (C=O) groups is 1. The van der Waals surface area contributed by atoms with Gasteiger partial charge in [0.15, 0.2) is 0 Å². The summed E-state index contributed by atoms with van der Waals surface area (Å²) in [5.41, 5.74) is 8.19. The molecule has 1 heterocycles. The fraction of sp³-hybridized carbons (Fsp3) is 0.375. The lowest BCUT2D eigenvalue weighted by Crippen LogP contribution is -2.16. The average Bonchev–Trinajstić information content (AvgIpc) is 2.81. The van der Waals surface area contributed by atoms with Crippen LogP contribution in [0.25, 0.3) is 0 Å². The molecule has 3 N–H and O–H groups in total. The van der Waals surface area contributed by atoms with Gasteiger partial charge in [0.2, 0.25) is 0 Å². The van der Waals surface area contributed by atoms with Crippen LogP contribution in [-0.4, -0.2) is 22.8 Å². The van der Waals surface area contributed by atoms with Crippen LogP contribution in [0.15, 0.2) is 24.3 Å². The highest BCUT2D eigenvalue weighted by Crippen LogP contribution is 2.25. The fourth-order valence-corrected chi connectivity index (χ4v) is 2.05. The minimum atomic E-state index is -0.227. The van der Waals surface area contributed by atoms with Gasteiger partial charge in [-0.05, 0) is 24.3 Å². The monoisotopic (exact) mass is 338 g/mol. The van der Waals surface area contributed by atoms with Crippen molar-refractivity contribution in [3.05, 3.63) is 35.7 Å². The smallest absolute Gasteiger partial charge is 0.273 e. The third-order valence-electron chi connectivity index (χ3n) is 3.37. The van der Waals surface area contributed by atoms with Crippen LogP contribution in [0.3, 0.4) is 0 Å². The molecule has 0 bridgehead atoms. The molecule has 0 unspecified atom stereocenters. The van der Waals surface area contributed by atoms with E-state index in [2.05, 4.69) is 31.2 Å². The number of halogens is 1. The van der Waals surface area contributed by atoms with Gasteiger partial charge in [0.05, 0.1) is 18.5 Å². The number of anilines is 2. The standard InChI is InChI=1S/C16H22N4O2.ClH/c1-16(2,3)14-9-12(20(4)19-14)15(21)18-10-6-7-13(22-5)11(17)8-10;/h6-9H,17H2,1-5H3,(H,18,21);1H. The Hall–Kier alpha value is -2.21. The summed E-state index contributed by atoms with van der Waals surface area (Å²) >= 11 is 0. The summed E-state index contributed by atoms with van der Waals surface area (Å²) in [5.74, 6) is 0.351. The molecule has 2 rings (SSSR count). The number of methoxy groups -OCH3 is 1. The highest BCUT2D eigenvalue weighted by Gasteiger charge is 2.21. The van der Waals surface area contributed by atoms with E-state index in [1.165, 1.54) is 0 Å². The second kappa shape index (κ2) is 6.91. The van der Waals surface area contributed by atoms with Crippen LogP contribution in [0.1, 0.15) is 37.0 Å². The maximum absolute atomic E-state index is 12.4. The molecule has 2 aromatic rings. The fourth-order valence-electron chi connectivity index (χ4n) is 2.05. The molecule has 0 saturated carbocycles. The van der Waals surface area contributed by atoms with Crippen LogP contribution < -0.4 is 15.8 Å². The van der Waals surface area contributed by atoms with E-state index in [9.17, 15) is 4.79 Å². The van der Waals surface area contributed by atoms with Gasteiger partial charge in [0, 0.05) is 18.2 Å². The molecule has 23 heavy (non-hydrogen) atoms. The van der Waals surface area contributed by atoms with Gasteiger partial charge in [-0.1, -0.05) is 20.8 Å². The molecule has 1 amide bonds. The van der Waals surface area contributed by atoms with E-state index in [1.807, 2.05) is 6.07 Å². The maximum atomic E-state index is 12.4. The number of carbonyl (C=O) groups excluding carboxylic acids is 1. The predicted molar refractivity (Wildman–Crippen MR) is 94.5 cm³/mol. The third kappa shape index (κ3) is 4.16. The molecule has 0 aliphatic heterocycles. The summed E-state index contributed by atoms with van der Waals surface area (Å²) in [5, 5.41) is 7.22. The molecule has 0 aliphatic rings. The number of rotatable bonds is 3. The number of benzene rings is 1. The van der Waals surface area contributed by atoms with E-state index < -0.39 is 0 Å².